The molecule has 2 rings (SSSR count). The monoisotopic (exact) mass is 582 g/mol. The second-order valence-corrected chi connectivity index (χ2v) is 11.4. The summed E-state index contributed by atoms with van der Waals surface area (Å²) in [6.07, 6.45) is 2.35. The summed E-state index contributed by atoms with van der Waals surface area (Å²) in [6, 6.07) is 11.9. The number of benzene rings is 2. The Kier molecular flexibility index (Phi) is 13.3. The molecule has 0 fully saturated rings. The van der Waals surface area contributed by atoms with E-state index < -0.39 is 41.5 Å². The van der Waals surface area contributed by atoms with Crippen molar-refractivity contribution in [3.63, 3.8) is 0 Å². The number of aromatic hydroxyl groups is 1. The molecule has 42 heavy (non-hydrogen) atoms. The van der Waals surface area contributed by atoms with E-state index in [4.69, 9.17) is 10.5 Å². The van der Waals surface area contributed by atoms with Crippen molar-refractivity contribution in [1.82, 2.24) is 15.5 Å². The molecule has 10 nitrogen and oxygen atoms in total. The number of phenols is 1. The van der Waals surface area contributed by atoms with Crippen molar-refractivity contribution in [3.05, 3.63) is 65.2 Å². The molecule has 230 valence electrons. The Morgan fingerprint density at radius 3 is 2.31 bits per heavy atom. The Bertz CT molecular complexity index is 1200. The van der Waals surface area contributed by atoms with Crippen molar-refractivity contribution in [3.8, 4) is 5.75 Å². The lowest BCUT2D eigenvalue weighted by atomic mass is 9.98. The molecular weight excluding hydrogens is 536 g/mol. The van der Waals surface area contributed by atoms with E-state index in [0.717, 1.165) is 24.8 Å². The summed E-state index contributed by atoms with van der Waals surface area (Å²) in [6.45, 7) is 9.36. The van der Waals surface area contributed by atoms with Gasteiger partial charge >= 0.3 is 6.09 Å². The Labute approximate surface area is 249 Å². The van der Waals surface area contributed by atoms with Crippen molar-refractivity contribution in [2.75, 3.05) is 6.54 Å². The SMILES string of the molecule is CCCCCCN(C(=O)C(CCC(N)=O)NC(=O)OC(C)(C)C)C(C(=O)NCc1ccccc1)c1ccc(O)c(C)c1. The Balaban J connectivity index is 2.52. The average Bonchev–Trinajstić information content (AvgIpc) is 2.92. The van der Waals surface area contributed by atoms with Gasteiger partial charge in [-0.1, -0.05) is 62.6 Å². The quantitative estimate of drug-likeness (QED) is 0.225. The highest BCUT2D eigenvalue weighted by Crippen LogP contribution is 2.28. The molecule has 0 aliphatic carbocycles. The number of rotatable bonds is 15. The van der Waals surface area contributed by atoms with E-state index in [9.17, 15) is 24.3 Å². The zero-order valence-electron chi connectivity index (χ0n) is 25.4. The van der Waals surface area contributed by atoms with Crippen molar-refractivity contribution in [2.45, 2.75) is 97.4 Å². The van der Waals surface area contributed by atoms with Gasteiger partial charge in [-0.05, 0) is 69.4 Å². The van der Waals surface area contributed by atoms with E-state index in [1.54, 1.807) is 39.8 Å². The van der Waals surface area contributed by atoms with E-state index in [2.05, 4.69) is 17.6 Å². The van der Waals surface area contributed by atoms with Crippen LogP contribution in [0.4, 0.5) is 4.79 Å². The van der Waals surface area contributed by atoms with Crippen LogP contribution in [0.15, 0.2) is 48.5 Å². The number of amides is 4. The largest absolute Gasteiger partial charge is 0.508 e. The van der Waals surface area contributed by atoms with Gasteiger partial charge in [0.25, 0.3) is 0 Å². The number of nitrogens with two attached hydrogens (primary N) is 1. The fraction of sp³-hybridized carbons (Fsp3) is 0.500. The van der Waals surface area contributed by atoms with Gasteiger partial charge in [-0.25, -0.2) is 4.79 Å². The standard InChI is InChI=1S/C32H46N4O6/c1-6-7-8-12-19-36(30(40)25(16-18-27(33)38)35-31(41)42-32(3,4)5)28(24-15-17-26(37)22(2)20-24)29(39)34-21-23-13-10-9-11-14-23/h9-11,13-15,17,20,25,28,37H,6-8,12,16,18-19,21H2,1-5H3,(H2,33,38)(H,34,39)(H,35,41). The average molecular weight is 583 g/mol. The second kappa shape index (κ2) is 16.4. The highest BCUT2D eigenvalue weighted by Gasteiger charge is 2.36. The van der Waals surface area contributed by atoms with E-state index in [1.807, 2.05) is 30.3 Å². The summed E-state index contributed by atoms with van der Waals surface area (Å²) < 4.78 is 5.38. The zero-order chi connectivity index (χ0) is 31.3. The first kappa shape index (κ1) is 34.1. The van der Waals surface area contributed by atoms with Crippen molar-refractivity contribution in [1.29, 1.82) is 0 Å². The molecule has 2 aromatic carbocycles. The number of unbranched alkanes of at least 4 members (excludes halogenated alkanes) is 3. The Hall–Kier alpha value is -4.08. The van der Waals surface area contributed by atoms with Gasteiger partial charge < -0.3 is 31.1 Å². The molecule has 10 heteroatoms. The fourth-order valence-corrected chi connectivity index (χ4v) is 4.47. The number of hydrogen-bond acceptors (Lipinski definition) is 6. The van der Waals surface area contributed by atoms with Crippen LogP contribution in [0.25, 0.3) is 0 Å². The summed E-state index contributed by atoms with van der Waals surface area (Å²) in [5, 5.41) is 15.7. The highest BCUT2D eigenvalue weighted by atomic mass is 16.6. The summed E-state index contributed by atoms with van der Waals surface area (Å²) in [7, 11) is 0. The maximum Gasteiger partial charge on any atom is 0.408 e. The normalized spacial score (nSPS) is 12.6. The maximum absolute atomic E-state index is 14.2. The third-order valence-electron chi connectivity index (χ3n) is 6.61. The first-order chi connectivity index (χ1) is 19.8. The van der Waals surface area contributed by atoms with Crippen LogP contribution in [-0.4, -0.2) is 52.0 Å². The van der Waals surface area contributed by atoms with Crippen LogP contribution in [-0.2, 0) is 25.7 Å². The highest BCUT2D eigenvalue weighted by molar-refractivity contribution is 5.92. The van der Waals surface area contributed by atoms with Crippen LogP contribution >= 0.6 is 0 Å². The number of nitrogens with one attached hydrogen (secondary N) is 2. The lowest BCUT2D eigenvalue weighted by Gasteiger charge is -2.35. The molecule has 0 aliphatic heterocycles. The van der Waals surface area contributed by atoms with Crippen LogP contribution in [0.5, 0.6) is 5.75 Å². The topological polar surface area (TPSA) is 151 Å². The maximum atomic E-state index is 14.2. The minimum Gasteiger partial charge on any atom is -0.508 e. The van der Waals surface area contributed by atoms with Gasteiger partial charge in [0.2, 0.25) is 17.7 Å². The Morgan fingerprint density at radius 2 is 1.71 bits per heavy atom. The molecule has 2 unspecified atom stereocenters. The van der Waals surface area contributed by atoms with Crippen molar-refractivity contribution in [2.24, 2.45) is 5.73 Å². The molecule has 5 N–H and O–H groups in total. The second-order valence-electron chi connectivity index (χ2n) is 11.4. The van der Waals surface area contributed by atoms with Gasteiger partial charge in [0.1, 0.15) is 23.4 Å². The van der Waals surface area contributed by atoms with Crippen LogP contribution < -0.4 is 16.4 Å². The number of carbonyl (C=O) groups is 4. The van der Waals surface area contributed by atoms with Crippen molar-refractivity contribution >= 4 is 23.8 Å². The molecule has 0 radical (unpaired) electrons. The summed E-state index contributed by atoms with van der Waals surface area (Å²) in [4.78, 5) is 54.0. The first-order valence-corrected chi connectivity index (χ1v) is 14.5. The lowest BCUT2D eigenvalue weighted by Crippen LogP contribution is -2.53. The Morgan fingerprint density at radius 1 is 1.02 bits per heavy atom. The van der Waals surface area contributed by atoms with Crippen LogP contribution in [0, 0.1) is 6.92 Å². The molecule has 0 saturated carbocycles. The van der Waals surface area contributed by atoms with Crippen LogP contribution in [0.2, 0.25) is 0 Å². The molecule has 0 bridgehead atoms. The number of nitrogens with zero attached hydrogens (tertiary/aromatic N) is 1. The third-order valence-corrected chi connectivity index (χ3v) is 6.61. The molecule has 4 amide bonds. The van der Waals surface area contributed by atoms with Gasteiger partial charge in [0.15, 0.2) is 0 Å². The number of carbonyl (C=O) groups excluding carboxylic acids is 4. The van der Waals surface area contributed by atoms with Crippen LogP contribution in [0.3, 0.4) is 0 Å². The van der Waals surface area contributed by atoms with Gasteiger partial charge in [0, 0.05) is 19.5 Å². The van der Waals surface area contributed by atoms with Gasteiger partial charge in [0.05, 0.1) is 0 Å². The van der Waals surface area contributed by atoms with Gasteiger partial charge in [-0.3, -0.25) is 14.4 Å². The van der Waals surface area contributed by atoms with Gasteiger partial charge in [-0.15, -0.1) is 0 Å². The molecule has 0 heterocycles. The molecule has 0 aromatic heterocycles. The number of ether oxygens (including phenoxy) is 1. The van der Waals surface area contributed by atoms with Crippen molar-refractivity contribution < 1.29 is 29.0 Å². The summed E-state index contributed by atoms with van der Waals surface area (Å²) >= 11 is 0. The number of aryl methyl sites for hydroxylation is 1. The minimum absolute atomic E-state index is 0.0637. The zero-order valence-corrected chi connectivity index (χ0v) is 25.4. The predicted octanol–water partition coefficient (Wildman–Crippen LogP) is 4.63. The van der Waals surface area contributed by atoms with E-state index in [0.29, 0.717) is 17.5 Å². The predicted molar refractivity (Wildman–Crippen MR) is 161 cm³/mol. The first-order valence-electron chi connectivity index (χ1n) is 14.5. The fourth-order valence-electron chi connectivity index (χ4n) is 4.47. The van der Waals surface area contributed by atoms with Crippen LogP contribution in [0.1, 0.15) is 89.0 Å². The summed E-state index contributed by atoms with van der Waals surface area (Å²) in [5.74, 6) is -1.52. The molecule has 0 aliphatic rings. The summed E-state index contributed by atoms with van der Waals surface area (Å²) in [5.41, 5.74) is 6.52. The molecule has 0 saturated heterocycles. The minimum atomic E-state index is -1.17. The van der Waals surface area contributed by atoms with E-state index in [-0.39, 0.29) is 31.7 Å². The number of phenolic OH excluding ortho intramolecular Hbond substituents is 1. The number of alkyl carbamates (subject to hydrolysis) is 1. The third kappa shape index (κ3) is 11.4. The van der Waals surface area contributed by atoms with E-state index in [1.165, 1.54) is 11.0 Å². The lowest BCUT2D eigenvalue weighted by molar-refractivity contribution is -0.143. The van der Waals surface area contributed by atoms with E-state index >= 15 is 0 Å². The molecular formula is C32H46N4O6. The smallest absolute Gasteiger partial charge is 0.408 e. The molecule has 0 spiro atoms. The number of primary amides is 1. The molecule has 2 aromatic rings. The number of hydrogen-bond donors (Lipinski definition) is 4. The van der Waals surface area contributed by atoms with Gasteiger partial charge in [-0.2, -0.15) is 0 Å². The molecule has 2 atom stereocenters.